The molecule has 0 fully saturated rings. The van der Waals surface area contributed by atoms with Gasteiger partial charge in [-0.2, -0.15) is 0 Å². The van der Waals surface area contributed by atoms with E-state index in [4.69, 9.17) is 9.84 Å². The molecule has 0 saturated carbocycles. The van der Waals surface area contributed by atoms with Crippen LogP contribution in [0.4, 0.5) is 5.82 Å². The third-order valence-corrected chi connectivity index (χ3v) is 2.18. The average Bonchev–Trinajstić information content (AvgIpc) is 2.23. The summed E-state index contributed by atoms with van der Waals surface area (Å²) in [5.74, 6) is -0.287. The summed E-state index contributed by atoms with van der Waals surface area (Å²) in [5, 5.41) is 11.9. The van der Waals surface area contributed by atoms with Crippen molar-refractivity contribution in [2.75, 3.05) is 18.5 Å². The van der Waals surface area contributed by atoms with Crippen LogP contribution in [0, 0.1) is 6.92 Å². The first-order valence-corrected chi connectivity index (χ1v) is 5.57. The first-order valence-electron chi connectivity index (χ1n) is 5.57. The first-order chi connectivity index (χ1) is 8.00. The molecule has 1 aromatic rings. The Balaban J connectivity index is 2.50. The monoisotopic (exact) mass is 238 g/mol. The van der Waals surface area contributed by atoms with Crippen molar-refractivity contribution in [1.29, 1.82) is 0 Å². The van der Waals surface area contributed by atoms with Crippen molar-refractivity contribution in [2.24, 2.45) is 0 Å². The lowest BCUT2D eigenvalue weighted by atomic mass is 10.2. The van der Waals surface area contributed by atoms with Gasteiger partial charge in [-0.25, -0.2) is 9.78 Å². The zero-order valence-electron chi connectivity index (χ0n) is 10.4. The molecule has 94 valence electrons. The normalized spacial score (nSPS) is 10.6. The molecule has 0 aliphatic heterocycles. The largest absolute Gasteiger partial charge is 0.478 e. The van der Waals surface area contributed by atoms with Crippen LogP contribution in [-0.2, 0) is 4.74 Å². The Hall–Kier alpha value is -1.62. The second-order valence-corrected chi connectivity index (χ2v) is 3.98. The molecule has 0 spiro atoms. The Morgan fingerprint density at radius 1 is 1.53 bits per heavy atom. The molecule has 0 atom stereocenters. The van der Waals surface area contributed by atoms with Gasteiger partial charge in [0.15, 0.2) is 0 Å². The van der Waals surface area contributed by atoms with Gasteiger partial charge in [0.25, 0.3) is 0 Å². The minimum Gasteiger partial charge on any atom is -0.478 e. The second-order valence-electron chi connectivity index (χ2n) is 3.98. The van der Waals surface area contributed by atoms with E-state index in [1.54, 1.807) is 19.1 Å². The molecule has 0 amide bonds. The fourth-order valence-electron chi connectivity index (χ4n) is 1.36. The summed E-state index contributed by atoms with van der Waals surface area (Å²) in [6, 6.07) is 3.21. The number of aromatic carboxylic acids is 1. The van der Waals surface area contributed by atoms with E-state index >= 15 is 0 Å². The minimum atomic E-state index is -0.954. The van der Waals surface area contributed by atoms with Crippen molar-refractivity contribution in [3.63, 3.8) is 0 Å². The molecule has 2 N–H and O–H groups in total. The molecule has 1 heterocycles. The van der Waals surface area contributed by atoms with Crippen LogP contribution in [0.2, 0.25) is 0 Å². The van der Waals surface area contributed by atoms with Crippen molar-refractivity contribution >= 4 is 11.8 Å². The fraction of sp³-hybridized carbons (Fsp3) is 0.500. The van der Waals surface area contributed by atoms with Crippen molar-refractivity contribution in [1.82, 2.24) is 4.98 Å². The third-order valence-electron chi connectivity index (χ3n) is 2.18. The topological polar surface area (TPSA) is 71.5 Å². The molecule has 0 aliphatic rings. The summed E-state index contributed by atoms with van der Waals surface area (Å²) in [6.45, 7) is 6.88. The predicted molar refractivity (Wildman–Crippen MR) is 65.5 cm³/mol. The van der Waals surface area contributed by atoms with Crippen LogP contribution in [-0.4, -0.2) is 35.3 Å². The quantitative estimate of drug-likeness (QED) is 0.741. The summed E-state index contributed by atoms with van der Waals surface area (Å²) in [7, 11) is 0. The number of pyridine rings is 1. The Kier molecular flexibility index (Phi) is 4.90. The summed E-state index contributed by atoms with van der Waals surface area (Å²) < 4.78 is 5.37. The standard InChI is InChI=1S/C12H18N2O3/c1-8(2)17-7-6-13-11-5-4-10(12(15)16)9(3)14-11/h4-5,8H,6-7H2,1-3H3,(H,13,14)(H,15,16). The third kappa shape index (κ3) is 4.40. The molecule has 0 radical (unpaired) electrons. The van der Waals surface area contributed by atoms with Gasteiger partial charge in [-0.15, -0.1) is 0 Å². The number of carbonyl (C=O) groups is 1. The number of ether oxygens (including phenoxy) is 1. The summed E-state index contributed by atoms with van der Waals surface area (Å²) >= 11 is 0. The maximum atomic E-state index is 10.8. The Morgan fingerprint density at radius 3 is 2.76 bits per heavy atom. The molecule has 0 aromatic carbocycles. The number of anilines is 1. The van der Waals surface area contributed by atoms with E-state index in [0.717, 1.165) is 0 Å². The van der Waals surface area contributed by atoms with E-state index in [1.165, 1.54) is 0 Å². The van der Waals surface area contributed by atoms with Crippen molar-refractivity contribution in [3.8, 4) is 0 Å². The van der Waals surface area contributed by atoms with E-state index in [-0.39, 0.29) is 11.7 Å². The highest BCUT2D eigenvalue weighted by molar-refractivity contribution is 5.89. The van der Waals surface area contributed by atoms with Crippen LogP contribution in [0.3, 0.4) is 0 Å². The highest BCUT2D eigenvalue weighted by atomic mass is 16.5. The van der Waals surface area contributed by atoms with Gasteiger partial charge in [0, 0.05) is 6.54 Å². The van der Waals surface area contributed by atoms with E-state index in [1.807, 2.05) is 13.8 Å². The van der Waals surface area contributed by atoms with Crippen LogP contribution < -0.4 is 5.32 Å². The SMILES string of the molecule is Cc1nc(NCCOC(C)C)ccc1C(=O)O. The molecule has 17 heavy (non-hydrogen) atoms. The van der Waals surface area contributed by atoms with E-state index in [2.05, 4.69) is 10.3 Å². The summed E-state index contributed by atoms with van der Waals surface area (Å²) in [5.41, 5.74) is 0.737. The maximum absolute atomic E-state index is 10.8. The number of rotatable bonds is 6. The highest BCUT2D eigenvalue weighted by Gasteiger charge is 2.08. The predicted octanol–water partition coefficient (Wildman–Crippen LogP) is 1.93. The van der Waals surface area contributed by atoms with Gasteiger partial charge >= 0.3 is 5.97 Å². The average molecular weight is 238 g/mol. The van der Waals surface area contributed by atoms with Gasteiger partial charge in [-0.05, 0) is 32.9 Å². The lowest BCUT2D eigenvalue weighted by Gasteiger charge is -2.10. The number of nitrogens with one attached hydrogen (secondary N) is 1. The molecular formula is C12H18N2O3. The maximum Gasteiger partial charge on any atom is 0.337 e. The lowest BCUT2D eigenvalue weighted by molar-refractivity contribution is 0.0695. The van der Waals surface area contributed by atoms with Gasteiger partial charge in [0.05, 0.1) is 24.0 Å². The smallest absolute Gasteiger partial charge is 0.337 e. The number of aryl methyl sites for hydroxylation is 1. The Morgan fingerprint density at radius 2 is 2.24 bits per heavy atom. The van der Waals surface area contributed by atoms with Crippen molar-refractivity contribution < 1.29 is 14.6 Å². The minimum absolute atomic E-state index is 0.209. The van der Waals surface area contributed by atoms with Gasteiger partial charge in [0.1, 0.15) is 5.82 Å². The molecular weight excluding hydrogens is 220 g/mol. The fourth-order valence-corrected chi connectivity index (χ4v) is 1.36. The van der Waals surface area contributed by atoms with Crippen LogP contribution >= 0.6 is 0 Å². The molecule has 0 saturated heterocycles. The number of hydrogen-bond donors (Lipinski definition) is 2. The lowest BCUT2D eigenvalue weighted by Crippen LogP contribution is -2.14. The molecule has 5 heteroatoms. The van der Waals surface area contributed by atoms with Crippen molar-refractivity contribution in [2.45, 2.75) is 26.9 Å². The van der Waals surface area contributed by atoms with E-state index < -0.39 is 5.97 Å². The number of nitrogens with zero attached hydrogens (tertiary/aromatic N) is 1. The number of carboxylic acid groups (broad SMARTS) is 1. The zero-order chi connectivity index (χ0) is 12.8. The van der Waals surface area contributed by atoms with Gasteiger partial charge in [-0.3, -0.25) is 0 Å². The van der Waals surface area contributed by atoms with Crippen LogP contribution in [0.25, 0.3) is 0 Å². The molecule has 1 rings (SSSR count). The number of aromatic nitrogens is 1. The molecule has 1 aromatic heterocycles. The van der Waals surface area contributed by atoms with Crippen LogP contribution in [0.5, 0.6) is 0 Å². The van der Waals surface area contributed by atoms with E-state index in [9.17, 15) is 4.79 Å². The summed E-state index contributed by atoms with van der Waals surface area (Å²) in [6.07, 6.45) is 0.209. The molecule has 0 aliphatic carbocycles. The Bertz CT molecular complexity index is 391. The second kappa shape index (κ2) is 6.20. The molecule has 0 unspecified atom stereocenters. The molecule has 5 nitrogen and oxygen atoms in total. The van der Waals surface area contributed by atoms with Crippen molar-refractivity contribution in [3.05, 3.63) is 23.4 Å². The molecule has 0 bridgehead atoms. The van der Waals surface area contributed by atoms with Crippen LogP contribution in [0.1, 0.15) is 29.9 Å². The first kappa shape index (κ1) is 13.4. The van der Waals surface area contributed by atoms with Gasteiger partial charge in [0.2, 0.25) is 0 Å². The summed E-state index contributed by atoms with van der Waals surface area (Å²) in [4.78, 5) is 15.0. The highest BCUT2D eigenvalue weighted by Crippen LogP contribution is 2.10. The Labute approximate surface area is 101 Å². The van der Waals surface area contributed by atoms with Gasteiger partial charge < -0.3 is 15.2 Å². The number of hydrogen-bond acceptors (Lipinski definition) is 4. The van der Waals surface area contributed by atoms with Crippen LogP contribution in [0.15, 0.2) is 12.1 Å². The van der Waals surface area contributed by atoms with E-state index in [0.29, 0.717) is 24.7 Å². The van der Waals surface area contributed by atoms with Gasteiger partial charge in [-0.1, -0.05) is 0 Å². The zero-order valence-corrected chi connectivity index (χ0v) is 10.4. The number of carboxylic acids is 1.